The second-order valence-electron chi connectivity index (χ2n) is 3.88. The molecule has 7 heteroatoms. The molecule has 0 bridgehead atoms. The lowest BCUT2D eigenvalue weighted by Crippen LogP contribution is -2.45. The Morgan fingerprint density at radius 3 is 2.13 bits per heavy atom. The van der Waals surface area contributed by atoms with Crippen molar-refractivity contribution in [2.75, 3.05) is 6.54 Å². The van der Waals surface area contributed by atoms with Gasteiger partial charge in [-0.15, -0.1) is 12.4 Å². The van der Waals surface area contributed by atoms with Crippen molar-refractivity contribution in [2.24, 2.45) is 5.73 Å². The Hall–Kier alpha value is -0.490. The predicted octanol–water partition coefficient (Wildman–Crippen LogP) is 1.60. The van der Waals surface area contributed by atoms with Gasteiger partial charge in [-0.1, -0.05) is 0 Å². The van der Waals surface area contributed by atoms with E-state index in [0.717, 1.165) is 0 Å². The van der Waals surface area contributed by atoms with Crippen LogP contribution in [0.25, 0.3) is 0 Å². The maximum absolute atomic E-state index is 11.7. The topological polar surface area (TPSA) is 55.1 Å². The van der Waals surface area contributed by atoms with Crippen molar-refractivity contribution in [1.29, 1.82) is 0 Å². The molecule has 0 unspecified atom stereocenters. The van der Waals surface area contributed by atoms with E-state index in [-0.39, 0.29) is 19.0 Å². The van der Waals surface area contributed by atoms with E-state index in [0.29, 0.717) is 0 Å². The van der Waals surface area contributed by atoms with E-state index in [4.69, 9.17) is 5.73 Å². The van der Waals surface area contributed by atoms with E-state index in [2.05, 4.69) is 5.32 Å². The predicted molar refractivity (Wildman–Crippen MR) is 53.8 cm³/mol. The van der Waals surface area contributed by atoms with Crippen molar-refractivity contribution in [3.63, 3.8) is 0 Å². The first-order chi connectivity index (χ1) is 6.10. The number of halogens is 4. The van der Waals surface area contributed by atoms with Crippen LogP contribution >= 0.6 is 12.4 Å². The molecule has 0 saturated heterocycles. The number of alkyl halides is 3. The van der Waals surface area contributed by atoms with Crippen LogP contribution in [0.15, 0.2) is 0 Å². The Bertz CT molecular complexity index is 181. The smallest absolute Gasteiger partial charge is 0.354 e. The van der Waals surface area contributed by atoms with Crippen LogP contribution in [-0.4, -0.2) is 24.2 Å². The molecule has 0 spiro atoms. The van der Waals surface area contributed by atoms with Crippen LogP contribution in [0.1, 0.15) is 26.7 Å². The van der Waals surface area contributed by atoms with Gasteiger partial charge in [0, 0.05) is 18.5 Å². The van der Waals surface area contributed by atoms with Crippen molar-refractivity contribution in [3.8, 4) is 0 Å². The lowest BCUT2D eigenvalue weighted by atomic mass is 10.1. The zero-order valence-corrected chi connectivity index (χ0v) is 9.47. The van der Waals surface area contributed by atoms with Gasteiger partial charge in [0.15, 0.2) is 0 Å². The van der Waals surface area contributed by atoms with Crippen molar-refractivity contribution in [2.45, 2.75) is 38.4 Å². The third-order valence-electron chi connectivity index (χ3n) is 1.38. The minimum Gasteiger partial charge on any atom is -0.354 e. The highest BCUT2D eigenvalue weighted by molar-refractivity contribution is 5.85. The Morgan fingerprint density at radius 1 is 1.33 bits per heavy atom. The summed E-state index contributed by atoms with van der Waals surface area (Å²) in [6.07, 6.45) is -5.92. The molecule has 3 nitrogen and oxygen atoms in total. The molecule has 92 valence electrons. The number of hydrogen-bond acceptors (Lipinski definition) is 2. The quantitative estimate of drug-likeness (QED) is 0.794. The summed E-state index contributed by atoms with van der Waals surface area (Å²) in [6, 6.07) is 0. The average Bonchev–Trinajstić information content (AvgIpc) is 1.94. The number of amides is 1. The summed E-state index contributed by atoms with van der Waals surface area (Å²) in [5.41, 5.74) is 4.93. The summed E-state index contributed by atoms with van der Waals surface area (Å²) in [4.78, 5) is 10.9. The highest BCUT2D eigenvalue weighted by Crippen LogP contribution is 2.20. The number of carbonyl (C=O) groups is 1. The summed E-state index contributed by atoms with van der Waals surface area (Å²) >= 11 is 0. The van der Waals surface area contributed by atoms with Gasteiger partial charge in [0.05, 0.1) is 6.42 Å². The molecule has 0 rings (SSSR count). The fraction of sp³-hybridized carbons (Fsp3) is 0.875. The van der Waals surface area contributed by atoms with E-state index < -0.39 is 30.5 Å². The SMILES string of the molecule is CC(C)(N)CNC(=O)CCC(F)(F)F.Cl. The van der Waals surface area contributed by atoms with Gasteiger partial charge in [0.2, 0.25) is 5.91 Å². The minimum atomic E-state index is -4.28. The third-order valence-corrected chi connectivity index (χ3v) is 1.38. The molecule has 0 atom stereocenters. The number of nitrogens with two attached hydrogens (primary N) is 1. The van der Waals surface area contributed by atoms with Gasteiger partial charge in [-0.25, -0.2) is 0 Å². The number of hydrogen-bond donors (Lipinski definition) is 2. The van der Waals surface area contributed by atoms with Crippen LogP contribution in [0.2, 0.25) is 0 Å². The Labute approximate surface area is 93.0 Å². The molecule has 0 heterocycles. The van der Waals surface area contributed by atoms with Crippen molar-refractivity contribution >= 4 is 18.3 Å². The molecular weight excluding hydrogens is 233 g/mol. The first-order valence-electron chi connectivity index (χ1n) is 4.22. The molecule has 3 N–H and O–H groups in total. The standard InChI is InChI=1S/C8H15F3N2O.ClH/c1-7(2,12)5-13-6(14)3-4-8(9,10)11;/h3-5,12H2,1-2H3,(H,13,14);1H. The van der Waals surface area contributed by atoms with Crippen molar-refractivity contribution < 1.29 is 18.0 Å². The molecule has 15 heavy (non-hydrogen) atoms. The highest BCUT2D eigenvalue weighted by atomic mass is 35.5. The van der Waals surface area contributed by atoms with Gasteiger partial charge in [0.1, 0.15) is 0 Å². The lowest BCUT2D eigenvalue weighted by molar-refractivity contribution is -0.144. The fourth-order valence-corrected chi connectivity index (χ4v) is 0.670. The summed E-state index contributed by atoms with van der Waals surface area (Å²) in [7, 11) is 0. The molecule has 0 saturated carbocycles. The molecule has 0 fully saturated rings. The maximum Gasteiger partial charge on any atom is 0.389 e. The van der Waals surface area contributed by atoms with Gasteiger partial charge >= 0.3 is 6.18 Å². The van der Waals surface area contributed by atoms with Crippen molar-refractivity contribution in [3.05, 3.63) is 0 Å². The molecular formula is C8H16ClF3N2O. The Kier molecular flexibility index (Phi) is 6.96. The van der Waals surface area contributed by atoms with Gasteiger partial charge in [-0.3, -0.25) is 4.79 Å². The van der Waals surface area contributed by atoms with Crippen LogP contribution in [0.3, 0.4) is 0 Å². The van der Waals surface area contributed by atoms with Gasteiger partial charge in [-0.2, -0.15) is 13.2 Å². The van der Waals surface area contributed by atoms with Gasteiger partial charge in [0.25, 0.3) is 0 Å². The Balaban J connectivity index is 0. The second-order valence-corrected chi connectivity index (χ2v) is 3.88. The first kappa shape index (κ1) is 16.9. The summed E-state index contributed by atoms with van der Waals surface area (Å²) in [5.74, 6) is -0.624. The van der Waals surface area contributed by atoms with E-state index in [1.165, 1.54) is 0 Å². The zero-order valence-electron chi connectivity index (χ0n) is 8.65. The van der Waals surface area contributed by atoms with Crippen LogP contribution in [-0.2, 0) is 4.79 Å². The fourth-order valence-electron chi connectivity index (χ4n) is 0.670. The van der Waals surface area contributed by atoms with E-state index in [1.54, 1.807) is 13.8 Å². The maximum atomic E-state index is 11.7. The molecule has 0 aliphatic rings. The normalized spacial score (nSPS) is 11.9. The first-order valence-corrected chi connectivity index (χ1v) is 4.22. The number of nitrogens with one attached hydrogen (secondary N) is 1. The van der Waals surface area contributed by atoms with Crippen molar-refractivity contribution in [1.82, 2.24) is 5.32 Å². The van der Waals surface area contributed by atoms with Crippen LogP contribution in [0.5, 0.6) is 0 Å². The second kappa shape index (κ2) is 6.17. The molecule has 0 aliphatic carbocycles. The van der Waals surface area contributed by atoms with Crippen LogP contribution < -0.4 is 11.1 Å². The number of rotatable bonds is 4. The summed E-state index contributed by atoms with van der Waals surface area (Å²) in [6.45, 7) is 3.53. The third kappa shape index (κ3) is 13.5. The molecule has 0 aromatic carbocycles. The highest BCUT2D eigenvalue weighted by Gasteiger charge is 2.28. The summed E-state index contributed by atoms with van der Waals surface area (Å²) < 4.78 is 35.1. The minimum absolute atomic E-state index is 0. The van der Waals surface area contributed by atoms with E-state index in [1.807, 2.05) is 0 Å². The zero-order chi connectivity index (χ0) is 11.4. The molecule has 0 aromatic heterocycles. The molecule has 0 aliphatic heterocycles. The van der Waals surface area contributed by atoms with Gasteiger partial charge < -0.3 is 11.1 Å². The lowest BCUT2D eigenvalue weighted by Gasteiger charge is -2.18. The van der Waals surface area contributed by atoms with Gasteiger partial charge in [-0.05, 0) is 13.8 Å². The molecule has 1 amide bonds. The van der Waals surface area contributed by atoms with Crippen LogP contribution in [0, 0.1) is 0 Å². The van der Waals surface area contributed by atoms with E-state index >= 15 is 0 Å². The van der Waals surface area contributed by atoms with E-state index in [9.17, 15) is 18.0 Å². The largest absolute Gasteiger partial charge is 0.389 e. The number of carbonyl (C=O) groups excluding carboxylic acids is 1. The monoisotopic (exact) mass is 248 g/mol. The molecule has 0 radical (unpaired) electrons. The average molecular weight is 249 g/mol. The summed E-state index contributed by atoms with van der Waals surface area (Å²) in [5, 5.41) is 2.33. The molecule has 0 aromatic rings. The Morgan fingerprint density at radius 2 is 1.80 bits per heavy atom. The van der Waals surface area contributed by atoms with Crippen LogP contribution in [0.4, 0.5) is 13.2 Å².